The second-order valence-electron chi connectivity index (χ2n) is 3.70. The second-order valence-corrected chi connectivity index (χ2v) is 6.36. The number of hydrogen-bond acceptors (Lipinski definition) is 5. The van der Waals surface area contributed by atoms with Crippen LogP contribution in [-0.2, 0) is 6.54 Å². The third kappa shape index (κ3) is 3.02. The van der Waals surface area contributed by atoms with E-state index >= 15 is 0 Å². The van der Waals surface area contributed by atoms with Gasteiger partial charge < -0.3 is 5.32 Å². The molecule has 2 heterocycles. The summed E-state index contributed by atoms with van der Waals surface area (Å²) in [6.45, 7) is 5.01. The lowest BCUT2D eigenvalue weighted by Crippen LogP contribution is -1.97. The van der Waals surface area contributed by atoms with E-state index in [2.05, 4.69) is 55.9 Å². The lowest BCUT2D eigenvalue weighted by atomic mass is 10.2. The van der Waals surface area contributed by atoms with E-state index in [0.29, 0.717) is 5.92 Å². The Hall–Kier alpha value is -0.460. The minimum absolute atomic E-state index is 0.391. The maximum Gasteiger partial charge on any atom is 0.202 e. The summed E-state index contributed by atoms with van der Waals surface area (Å²) in [6, 6.07) is 2.11. The molecule has 0 aliphatic carbocycles. The fourth-order valence-electron chi connectivity index (χ4n) is 1.15. The van der Waals surface area contributed by atoms with E-state index in [-0.39, 0.29) is 0 Å². The smallest absolute Gasteiger partial charge is 0.202 e. The van der Waals surface area contributed by atoms with Gasteiger partial charge in [0.2, 0.25) is 5.13 Å². The van der Waals surface area contributed by atoms with Gasteiger partial charge in [-0.1, -0.05) is 13.8 Å². The maximum atomic E-state index is 4.42. The Morgan fingerprint density at radius 3 is 2.88 bits per heavy atom. The Bertz CT molecular complexity index is 464. The Kier molecular flexibility index (Phi) is 3.94. The van der Waals surface area contributed by atoms with Crippen LogP contribution in [0.25, 0.3) is 0 Å². The Morgan fingerprint density at radius 2 is 2.31 bits per heavy atom. The van der Waals surface area contributed by atoms with Crippen molar-refractivity contribution in [3.63, 3.8) is 0 Å². The van der Waals surface area contributed by atoms with Crippen molar-refractivity contribution in [2.45, 2.75) is 26.3 Å². The number of hydrogen-bond donors (Lipinski definition) is 1. The standard InChI is InChI=1S/C10H12BrN3S2/c1-6(2)9-13-10(16-14-9)12-4-8-3-7(11)5-15-8/h3,5-6H,4H2,1-2H3,(H,12,13,14). The van der Waals surface area contributed by atoms with Crippen LogP contribution < -0.4 is 5.32 Å². The molecule has 0 aliphatic heterocycles. The molecule has 0 amide bonds. The first-order valence-corrected chi connectivity index (χ1v) is 7.40. The van der Waals surface area contributed by atoms with Crippen LogP contribution in [0.3, 0.4) is 0 Å². The molecule has 0 saturated heterocycles. The number of nitrogens with one attached hydrogen (secondary N) is 1. The summed E-state index contributed by atoms with van der Waals surface area (Å²) in [5.74, 6) is 1.31. The highest BCUT2D eigenvalue weighted by Crippen LogP contribution is 2.22. The maximum absolute atomic E-state index is 4.42. The van der Waals surface area contributed by atoms with E-state index in [4.69, 9.17) is 0 Å². The molecule has 6 heteroatoms. The summed E-state index contributed by atoms with van der Waals surface area (Å²) in [7, 11) is 0. The number of aromatic nitrogens is 2. The Labute approximate surface area is 111 Å². The number of thiophene rings is 1. The van der Waals surface area contributed by atoms with E-state index in [1.807, 2.05) is 0 Å². The predicted molar refractivity (Wildman–Crippen MR) is 73.3 cm³/mol. The average Bonchev–Trinajstić information content (AvgIpc) is 2.83. The summed E-state index contributed by atoms with van der Waals surface area (Å²) >= 11 is 6.59. The summed E-state index contributed by atoms with van der Waals surface area (Å²) in [6.07, 6.45) is 0. The molecule has 0 bridgehead atoms. The zero-order valence-corrected chi connectivity index (χ0v) is 12.2. The van der Waals surface area contributed by atoms with Crippen molar-refractivity contribution in [3.8, 4) is 0 Å². The molecule has 86 valence electrons. The molecule has 3 nitrogen and oxygen atoms in total. The second kappa shape index (κ2) is 5.25. The summed E-state index contributed by atoms with van der Waals surface area (Å²) < 4.78 is 5.43. The molecule has 0 spiro atoms. The topological polar surface area (TPSA) is 37.8 Å². The third-order valence-corrected chi connectivity index (χ3v) is 4.38. The first-order valence-electron chi connectivity index (χ1n) is 4.95. The van der Waals surface area contributed by atoms with Gasteiger partial charge in [-0.05, 0) is 22.0 Å². The molecule has 2 aromatic heterocycles. The van der Waals surface area contributed by atoms with Crippen molar-refractivity contribution in [1.82, 2.24) is 9.36 Å². The first kappa shape index (κ1) is 12.0. The number of nitrogens with zero attached hydrogens (tertiary/aromatic N) is 2. The zero-order chi connectivity index (χ0) is 11.5. The van der Waals surface area contributed by atoms with Gasteiger partial charge in [0.25, 0.3) is 0 Å². The van der Waals surface area contributed by atoms with Crippen LogP contribution in [0, 0.1) is 0 Å². The van der Waals surface area contributed by atoms with Gasteiger partial charge in [0, 0.05) is 32.2 Å². The van der Waals surface area contributed by atoms with Gasteiger partial charge in [-0.2, -0.15) is 4.37 Å². The summed E-state index contributed by atoms with van der Waals surface area (Å²) in [4.78, 5) is 5.71. The van der Waals surface area contributed by atoms with Crippen molar-refractivity contribution in [1.29, 1.82) is 0 Å². The lowest BCUT2D eigenvalue weighted by Gasteiger charge is -1.98. The van der Waals surface area contributed by atoms with E-state index in [1.165, 1.54) is 16.4 Å². The highest BCUT2D eigenvalue weighted by Gasteiger charge is 2.07. The van der Waals surface area contributed by atoms with Gasteiger partial charge >= 0.3 is 0 Å². The molecule has 16 heavy (non-hydrogen) atoms. The van der Waals surface area contributed by atoms with Crippen molar-refractivity contribution in [3.05, 3.63) is 26.6 Å². The molecule has 1 N–H and O–H groups in total. The largest absolute Gasteiger partial charge is 0.355 e. The van der Waals surface area contributed by atoms with E-state index in [1.54, 1.807) is 11.3 Å². The quantitative estimate of drug-likeness (QED) is 0.922. The van der Waals surface area contributed by atoms with Crippen LogP contribution in [-0.4, -0.2) is 9.36 Å². The van der Waals surface area contributed by atoms with Crippen molar-refractivity contribution >= 4 is 43.9 Å². The average molecular weight is 318 g/mol. The monoisotopic (exact) mass is 317 g/mol. The molecule has 0 aliphatic rings. The number of anilines is 1. The third-order valence-electron chi connectivity index (χ3n) is 1.99. The van der Waals surface area contributed by atoms with Crippen molar-refractivity contribution in [2.75, 3.05) is 5.32 Å². The summed E-state index contributed by atoms with van der Waals surface area (Å²) in [5, 5.41) is 6.26. The Balaban J connectivity index is 1.94. The van der Waals surface area contributed by atoms with Crippen LogP contribution in [0.2, 0.25) is 0 Å². The van der Waals surface area contributed by atoms with Crippen LogP contribution in [0.4, 0.5) is 5.13 Å². The molecular formula is C10H12BrN3S2. The predicted octanol–water partition coefficient (Wildman–Crippen LogP) is 4.10. The van der Waals surface area contributed by atoms with Crippen LogP contribution in [0.1, 0.15) is 30.5 Å². The summed E-state index contributed by atoms with van der Waals surface area (Å²) in [5.41, 5.74) is 0. The molecule has 0 atom stereocenters. The van der Waals surface area contributed by atoms with Crippen LogP contribution in [0.5, 0.6) is 0 Å². The number of halogens is 1. The van der Waals surface area contributed by atoms with E-state index in [0.717, 1.165) is 22.0 Å². The fourth-order valence-corrected chi connectivity index (χ4v) is 3.24. The molecule has 2 aromatic rings. The Morgan fingerprint density at radius 1 is 1.50 bits per heavy atom. The highest BCUT2D eigenvalue weighted by molar-refractivity contribution is 9.10. The molecule has 0 saturated carbocycles. The van der Waals surface area contributed by atoms with Crippen molar-refractivity contribution in [2.24, 2.45) is 0 Å². The highest BCUT2D eigenvalue weighted by atomic mass is 79.9. The van der Waals surface area contributed by atoms with Gasteiger partial charge in [0.05, 0.1) is 6.54 Å². The van der Waals surface area contributed by atoms with Gasteiger partial charge in [0.1, 0.15) is 5.82 Å². The fraction of sp³-hybridized carbons (Fsp3) is 0.400. The molecule has 0 aromatic carbocycles. The van der Waals surface area contributed by atoms with Gasteiger partial charge in [-0.25, -0.2) is 4.98 Å². The molecule has 0 radical (unpaired) electrons. The SMILES string of the molecule is CC(C)c1nsc(NCc2cc(Br)cs2)n1. The first-order chi connectivity index (χ1) is 7.65. The van der Waals surface area contributed by atoms with E-state index in [9.17, 15) is 0 Å². The van der Waals surface area contributed by atoms with Crippen LogP contribution >= 0.6 is 38.8 Å². The minimum atomic E-state index is 0.391. The van der Waals surface area contributed by atoms with Gasteiger partial charge in [-0.15, -0.1) is 11.3 Å². The van der Waals surface area contributed by atoms with Gasteiger partial charge in [-0.3, -0.25) is 0 Å². The molecule has 0 unspecified atom stereocenters. The zero-order valence-electron chi connectivity index (χ0n) is 9.03. The normalized spacial score (nSPS) is 11.0. The molecular weight excluding hydrogens is 306 g/mol. The minimum Gasteiger partial charge on any atom is -0.355 e. The lowest BCUT2D eigenvalue weighted by molar-refractivity contribution is 0.799. The number of rotatable bonds is 4. The molecule has 0 fully saturated rings. The van der Waals surface area contributed by atoms with Crippen LogP contribution in [0.15, 0.2) is 15.9 Å². The van der Waals surface area contributed by atoms with Gasteiger partial charge in [0.15, 0.2) is 0 Å². The molecule has 2 rings (SSSR count). The van der Waals surface area contributed by atoms with E-state index < -0.39 is 0 Å². The van der Waals surface area contributed by atoms with Crippen molar-refractivity contribution < 1.29 is 0 Å².